The summed E-state index contributed by atoms with van der Waals surface area (Å²) < 4.78 is 13.4. The quantitative estimate of drug-likeness (QED) is 0.734. The van der Waals surface area contributed by atoms with Gasteiger partial charge in [-0.25, -0.2) is 9.78 Å². The van der Waals surface area contributed by atoms with Gasteiger partial charge in [0.15, 0.2) is 10.8 Å². The zero-order valence-electron chi connectivity index (χ0n) is 16.7. The first-order valence-electron chi connectivity index (χ1n) is 8.80. The van der Waals surface area contributed by atoms with Crippen molar-refractivity contribution in [2.75, 3.05) is 5.75 Å². The number of aryl methyl sites for hydroxylation is 1. The van der Waals surface area contributed by atoms with Crippen LogP contribution in [0.2, 0.25) is 0 Å². The third kappa shape index (κ3) is 3.74. The van der Waals surface area contributed by atoms with Gasteiger partial charge in [-0.2, -0.15) is 0 Å². The summed E-state index contributed by atoms with van der Waals surface area (Å²) >= 11 is 1.13. The minimum absolute atomic E-state index is 0.0362. The van der Waals surface area contributed by atoms with Gasteiger partial charge in [-0.3, -0.25) is 19.1 Å². The molecule has 28 heavy (non-hydrogen) atoms. The van der Waals surface area contributed by atoms with Gasteiger partial charge in [0.2, 0.25) is 0 Å². The van der Waals surface area contributed by atoms with Crippen molar-refractivity contribution < 1.29 is 14.1 Å². The Morgan fingerprint density at radius 1 is 1.21 bits per heavy atom. The van der Waals surface area contributed by atoms with Crippen molar-refractivity contribution in [3.63, 3.8) is 0 Å². The Bertz CT molecular complexity index is 1070. The average molecular weight is 406 g/mol. The van der Waals surface area contributed by atoms with E-state index in [1.54, 1.807) is 6.08 Å². The first kappa shape index (κ1) is 20.6. The summed E-state index contributed by atoms with van der Waals surface area (Å²) in [6, 6.07) is 0. The number of aromatic nitrogens is 4. The lowest BCUT2D eigenvalue weighted by atomic mass is 9.79. The standard InChI is InChI=1S/C17H23BN4O5S/c1-9(23)28-8-10(18-26-16(2,3)17(4,5)27-18)7-11-19-12-13(20-11)22(6)15(25)21-14(12)24/h7H,8H2,1-6H3,(H,19,20)(H,21,24,25). The Kier molecular flexibility index (Phi) is 5.19. The second-order valence-corrected chi connectivity index (χ2v) is 8.88. The molecule has 3 heterocycles. The number of hydrogen-bond acceptors (Lipinski definition) is 7. The molecule has 2 aromatic heterocycles. The number of imidazole rings is 1. The molecule has 1 aliphatic heterocycles. The summed E-state index contributed by atoms with van der Waals surface area (Å²) in [7, 11) is 0.863. The van der Waals surface area contributed by atoms with Crippen LogP contribution >= 0.6 is 11.8 Å². The summed E-state index contributed by atoms with van der Waals surface area (Å²) in [6.07, 6.45) is 1.70. The van der Waals surface area contributed by atoms with Crippen LogP contribution in [-0.2, 0) is 21.2 Å². The van der Waals surface area contributed by atoms with Crippen molar-refractivity contribution in [2.45, 2.75) is 45.8 Å². The molecule has 9 nitrogen and oxygen atoms in total. The highest BCUT2D eigenvalue weighted by atomic mass is 32.2. The van der Waals surface area contributed by atoms with E-state index in [1.165, 1.54) is 18.5 Å². The number of H-pyrrole nitrogens is 2. The minimum atomic E-state index is -0.660. The molecule has 0 saturated carbocycles. The lowest BCUT2D eigenvalue weighted by molar-refractivity contribution is -0.109. The van der Waals surface area contributed by atoms with E-state index >= 15 is 0 Å². The first-order valence-corrected chi connectivity index (χ1v) is 9.78. The molecule has 2 N–H and O–H groups in total. The smallest absolute Gasteiger partial charge is 0.400 e. The van der Waals surface area contributed by atoms with Gasteiger partial charge in [0.1, 0.15) is 11.3 Å². The van der Waals surface area contributed by atoms with E-state index in [1.807, 2.05) is 27.7 Å². The molecule has 0 radical (unpaired) electrons. The highest BCUT2D eigenvalue weighted by Crippen LogP contribution is 2.39. The number of carbonyl (C=O) groups is 1. The van der Waals surface area contributed by atoms with E-state index in [-0.39, 0.29) is 16.3 Å². The zero-order valence-corrected chi connectivity index (χ0v) is 17.5. The van der Waals surface area contributed by atoms with Crippen LogP contribution in [0.1, 0.15) is 40.4 Å². The average Bonchev–Trinajstić information content (AvgIpc) is 3.08. The van der Waals surface area contributed by atoms with Crippen LogP contribution in [0.4, 0.5) is 0 Å². The van der Waals surface area contributed by atoms with E-state index in [4.69, 9.17) is 9.31 Å². The maximum atomic E-state index is 12.0. The molecule has 0 atom stereocenters. The van der Waals surface area contributed by atoms with Crippen molar-refractivity contribution in [2.24, 2.45) is 7.05 Å². The molecular formula is C17H23BN4O5S. The minimum Gasteiger partial charge on any atom is -0.400 e. The topological polar surface area (TPSA) is 119 Å². The fourth-order valence-corrected chi connectivity index (χ4v) is 3.31. The summed E-state index contributed by atoms with van der Waals surface area (Å²) in [5.41, 5.74) is -1.02. The molecular weight excluding hydrogens is 383 g/mol. The van der Waals surface area contributed by atoms with Gasteiger partial charge in [-0.1, -0.05) is 11.8 Å². The Balaban J connectivity index is 2.05. The number of hydrogen-bond donors (Lipinski definition) is 2. The zero-order chi connectivity index (χ0) is 20.9. The molecule has 0 unspecified atom stereocenters. The molecule has 0 aromatic carbocycles. The number of carbonyl (C=O) groups excluding carboxylic acids is 1. The molecule has 11 heteroatoms. The normalized spacial score (nSPS) is 18.8. The van der Waals surface area contributed by atoms with Crippen LogP contribution < -0.4 is 11.2 Å². The molecule has 0 bridgehead atoms. The lowest BCUT2D eigenvalue weighted by Crippen LogP contribution is -2.41. The van der Waals surface area contributed by atoms with Gasteiger partial charge in [-0.15, -0.1) is 0 Å². The van der Waals surface area contributed by atoms with Crippen molar-refractivity contribution in [3.05, 3.63) is 32.1 Å². The molecule has 1 aliphatic rings. The number of nitrogens with one attached hydrogen (secondary N) is 2. The maximum Gasteiger partial charge on any atom is 0.491 e. The van der Waals surface area contributed by atoms with Crippen molar-refractivity contribution in [3.8, 4) is 0 Å². The monoisotopic (exact) mass is 406 g/mol. The van der Waals surface area contributed by atoms with Crippen molar-refractivity contribution in [1.29, 1.82) is 0 Å². The number of fused-ring (bicyclic) bond motifs is 1. The van der Waals surface area contributed by atoms with Gasteiger partial charge < -0.3 is 14.3 Å². The van der Waals surface area contributed by atoms with E-state index in [0.717, 1.165) is 11.8 Å². The maximum absolute atomic E-state index is 12.0. The van der Waals surface area contributed by atoms with Crippen LogP contribution in [0, 0.1) is 0 Å². The number of thioether (sulfide) groups is 1. The fourth-order valence-electron chi connectivity index (χ4n) is 2.72. The number of nitrogens with zero attached hydrogens (tertiary/aromatic N) is 2. The first-order chi connectivity index (χ1) is 12.9. The Hall–Kier alpha value is -2.11. The van der Waals surface area contributed by atoms with Crippen LogP contribution in [0.5, 0.6) is 0 Å². The van der Waals surface area contributed by atoms with Gasteiger partial charge in [0, 0.05) is 19.7 Å². The molecule has 3 rings (SSSR count). The van der Waals surface area contributed by atoms with Crippen LogP contribution in [0.15, 0.2) is 15.1 Å². The summed E-state index contributed by atoms with van der Waals surface area (Å²) in [5.74, 6) is 0.717. The van der Waals surface area contributed by atoms with Gasteiger partial charge in [0.25, 0.3) is 5.56 Å². The third-order valence-electron chi connectivity index (χ3n) is 5.09. The van der Waals surface area contributed by atoms with E-state index in [2.05, 4.69) is 15.0 Å². The Morgan fingerprint density at radius 2 is 1.82 bits per heavy atom. The van der Waals surface area contributed by atoms with Gasteiger partial charge >= 0.3 is 12.8 Å². The van der Waals surface area contributed by atoms with Crippen LogP contribution in [0.25, 0.3) is 17.2 Å². The molecule has 0 amide bonds. The Labute approximate surface area is 166 Å². The van der Waals surface area contributed by atoms with E-state index < -0.39 is 29.6 Å². The molecule has 0 spiro atoms. The molecule has 0 aliphatic carbocycles. The Morgan fingerprint density at radius 3 is 2.39 bits per heavy atom. The molecule has 1 saturated heterocycles. The fraction of sp³-hybridized carbons (Fsp3) is 0.529. The highest BCUT2D eigenvalue weighted by Gasteiger charge is 2.52. The highest BCUT2D eigenvalue weighted by molar-refractivity contribution is 8.13. The lowest BCUT2D eigenvalue weighted by Gasteiger charge is -2.32. The van der Waals surface area contributed by atoms with Crippen LogP contribution in [-0.4, -0.2) is 48.7 Å². The van der Waals surface area contributed by atoms with E-state index in [0.29, 0.717) is 17.0 Å². The van der Waals surface area contributed by atoms with Crippen LogP contribution in [0.3, 0.4) is 0 Å². The largest absolute Gasteiger partial charge is 0.491 e. The van der Waals surface area contributed by atoms with Crippen molar-refractivity contribution in [1.82, 2.24) is 19.5 Å². The molecule has 150 valence electrons. The summed E-state index contributed by atoms with van der Waals surface area (Å²) in [6.45, 7) is 9.26. The number of aromatic amines is 2. The predicted octanol–water partition coefficient (Wildman–Crippen LogP) is 1.24. The van der Waals surface area contributed by atoms with Gasteiger partial charge in [0.05, 0.1) is 11.2 Å². The second kappa shape index (κ2) is 7.05. The summed E-state index contributed by atoms with van der Waals surface area (Å²) in [5, 5.41) is -0.0362. The molecule has 2 aromatic rings. The molecule has 1 fully saturated rings. The van der Waals surface area contributed by atoms with E-state index in [9.17, 15) is 14.4 Å². The predicted molar refractivity (Wildman–Crippen MR) is 109 cm³/mol. The SMILES string of the molecule is CC(=O)SCC(=Cc1nc2c([nH]1)c(=O)[nH]c(=O)n2C)B1OC(C)(C)C(C)(C)O1. The van der Waals surface area contributed by atoms with Crippen molar-refractivity contribution >= 4 is 41.2 Å². The second-order valence-electron chi connectivity index (χ2n) is 7.73. The third-order valence-corrected chi connectivity index (χ3v) is 5.98. The summed E-state index contributed by atoms with van der Waals surface area (Å²) in [4.78, 5) is 44.8. The number of rotatable bonds is 4. The van der Waals surface area contributed by atoms with Gasteiger partial charge in [-0.05, 0) is 39.2 Å².